The van der Waals surface area contributed by atoms with Gasteiger partial charge in [0, 0.05) is 6.04 Å². The van der Waals surface area contributed by atoms with Crippen LogP contribution in [0.5, 0.6) is 0 Å². The maximum Gasteiger partial charge on any atom is 0.0351 e. The van der Waals surface area contributed by atoms with Gasteiger partial charge in [-0.15, -0.1) is 0 Å². The van der Waals surface area contributed by atoms with E-state index in [1.54, 1.807) is 0 Å². The summed E-state index contributed by atoms with van der Waals surface area (Å²) in [6.45, 7) is 12.4. The summed E-state index contributed by atoms with van der Waals surface area (Å²) in [5.74, 6) is 0.733. The Bertz CT molecular complexity index is 353. The van der Waals surface area contributed by atoms with Crippen molar-refractivity contribution in [1.82, 2.24) is 5.32 Å². The zero-order chi connectivity index (χ0) is 13.5. The smallest absolute Gasteiger partial charge is 0.0351 e. The number of rotatable bonds is 7. The number of hydrogen-bond acceptors (Lipinski definition) is 1. The normalized spacial score (nSPS) is 13.0. The van der Waals surface area contributed by atoms with Gasteiger partial charge in [-0.2, -0.15) is 0 Å². The summed E-state index contributed by atoms with van der Waals surface area (Å²) < 4.78 is 0. The van der Waals surface area contributed by atoms with E-state index >= 15 is 0 Å². The third-order valence-corrected chi connectivity index (χ3v) is 3.90. The molecular formula is C17H29N. The molecule has 1 nitrogen and oxygen atoms in total. The summed E-state index contributed by atoms with van der Waals surface area (Å²) in [7, 11) is 0. The van der Waals surface area contributed by atoms with E-state index in [1.807, 2.05) is 0 Å². The van der Waals surface area contributed by atoms with Gasteiger partial charge in [-0.3, -0.25) is 0 Å². The van der Waals surface area contributed by atoms with Crippen molar-refractivity contribution in [3.63, 3.8) is 0 Å². The second-order valence-corrected chi connectivity index (χ2v) is 5.37. The molecule has 0 heterocycles. The van der Waals surface area contributed by atoms with Crippen molar-refractivity contribution >= 4 is 0 Å². The maximum absolute atomic E-state index is 3.76. The third-order valence-electron chi connectivity index (χ3n) is 3.90. The van der Waals surface area contributed by atoms with Crippen LogP contribution in [-0.4, -0.2) is 6.54 Å². The van der Waals surface area contributed by atoms with Gasteiger partial charge in [-0.05, 0) is 43.9 Å². The molecule has 0 aromatic heterocycles. The van der Waals surface area contributed by atoms with E-state index < -0.39 is 0 Å². The van der Waals surface area contributed by atoms with Crippen LogP contribution in [0.2, 0.25) is 0 Å². The van der Waals surface area contributed by atoms with Gasteiger partial charge in [0.2, 0.25) is 0 Å². The zero-order valence-corrected chi connectivity index (χ0v) is 12.7. The molecule has 1 aromatic rings. The Balaban J connectivity index is 3.03. The molecule has 1 N–H and O–H groups in total. The maximum atomic E-state index is 3.76. The van der Waals surface area contributed by atoms with Crippen molar-refractivity contribution in [3.8, 4) is 0 Å². The molecule has 0 saturated carbocycles. The summed E-state index contributed by atoms with van der Waals surface area (Å²) in [6.07, 6.45) is 3.68. The van der Waals surface area contributed by atoms with Gasteiger partial charge in [0.1, 0.15) is 0 Å². The minimum Gasteiger partial charge on any atom is -0.310 e. The average molecular weight is 247 g/mol. The van der Waals surface area contributed by atoms with Crippen LogP contribution in [0, 0.1) is 19.8 Å². The average Bonchev–Trinajstić information content (AvgIpc) is 2.38. The number of nitrogens with one attached hydrogen (secondary N) is 1. The number of benzene rings is 1. The van der Waals surface area contributed by atoms with Crippen LogP contribution in [-0.2, 0) is 0 Å². The van der Waals surface area contributed by atoms with Crippen molar-refractivity contribution in [2.24, 2.45) is 5.92 Å². The molecule has 1 atom stereocenters. The van der Waals surface area contributed by atoms with Crippen molar-refractivity contribution in [3.05, 3.63) is 34.9 Å². The molecule has 1 aromatic carbocycles. The SMILES string of the molecule is CCCNC(c1cc(C)ccc1C)C(CC)CC. The first-order chi connectivity index (χ1) is 8.63. The molecule has 18 heavy (non-hydrogen) atoms. The van der Waals surface area contributed by atoms with Gasteiger partial charge < -0.3 is 5.32 Å². The summed E-state index contributed by atoms with van der Waals surface area (Å²) in [4.78, 5) is 0. The van der Waals surface area contributed by atoms with Crippen LogP contribution in [0.25, 0.3) is 0 Å². The Labute approximate surface area is 113 Å². The van der Waals surface area contributed by atoms with Crippen LogP contribution in [0.3, 0.4) is 0 Å². The zero-order valence-electron chi connectivity index (χ0n) is 12.7. The summed E-state index contributed by atoms with van der Waals surface area (Å²) in [6, 6.07) is 7.34. The van der Waals surface area contributed by atoms with Crippen LogP contribution in [0.15, 0.2) is 18.2 Å². The molecule has 0 aliphatic rings. The van der Waals surface area contributed by atoms with E-state index in [0.29, 0.717) is 6.04 Å². The molecule has 0 fully saturated rings. The Morgan fingerprint density at radius 3 is 2.28 bits per heavy atom. The summed E-state index contributed by atoms with van der Waals surface area (Å²) >= 11 is 0. The lowest BCUT2D eigenvalue weighted by atomic mass is 9.86. The quantitative estimate of drug-likeness (QED) is 0.731. The van der Waals surface area contributed by atoms with E-state index in [9.17, 15) is 0 Å². The minimum atomic E-state index is 0.514. The molecule has 1 heteroatoms. The highest BCUT2D eigenvalue weighted by molar-refractivity contribution is 5.33. The molecule has 102 valence electrons. The fourth-order valence-corrected chi connectivity index (χ4v) is 2.69. The molecule has 0 saturated heterocycles. The van der Waals surface area contributed by atoms with Gasteiger partial charge >= 0.3 is 0 Å². The predicted molar refractivity (Wildman–Crippen MR) is 81.0 cm³/mol. The Morgan fingerprint density at radius 1 is 1.06 bits per heavy atom. The van der Waals surface area contributed by atoms with E-state index in [4.69, 9.17) is 0 Å². The molecule has 0 bridgehead atoms. The van der Waals surface area contributed by atoms with Crippen molar-refractivity contribution in [1.29, 1.82) is 0 Å². The highest BCUT2D eigenvalue weighted by Crippen LogP contribution is 2.30. The fourth-order valence-electron chi connectivity index (χ4n) is 2.69. The van der Waals surface area contributed by atoms with Crippen molar-refractivity contribution < 1.29 is 0 Å². The van der Waals surface area contributed by atoms with Gasteiger partial charge in [-0.25, -0.2) is 0 Å². The van der Waals surface area contributed by atoms with Crippen LogP contribution in [0.4, 0.5) is 0 Å². The Kier molecular flexibility index (Phi) is 6.42. The first-order valence-electron chi connectivity index (χ1n) is 7.44. The second kappa shape index (κ2) is 7.58. The predicted octanol–water partition coefficient (Wildman–Crippen LogP) is 4.78. The number of hydrogen-bond donors (Lipinski definition) is 1. The van der Waals surface area contributed by atoms with E-state index in [1.165, 1.54) is 36.0 Å². The standard InChI is InChI=1S/C17H29N/c1-6-11-18-17(15(7-2)8-3)16-12-13(4)9-10-14(16)5/h9-10,12,15,17-18H,6-8,11H2,1-5H3. The summed E-state index contributed by atoms with van der Waals surface area (Å²) in [5.41, 5.74) is 4.28. The topological polar surface area (TPSA) is 12.0 Å². The lowest BCUT2D eigenvalue weighted by Gasteiger charge is -2.28. The molecule has 0 spiro atoms. The van der Waals surface area contributed by atoms with Gasteiger partial charge in [-0.1, -0.05) is 57.4 Å². The van der Waals surface area contributed by atoms with Crippen LogP contribution in [0.1, 0.15) is 62.8 Å². The highest BCUT2D eigenvalue weighted by atomic mass is 14.9. The van der Waals surface area contributed by atoms with Crippen LogP contribution >= 0.6 is 0 Å². The molecule has 0 aliphatic carbocycles. The van der Waals surface area contributed by atoms with Crippen molar-refractivity contribution in [2.45, 2.75) is 59.9 Å². The molecular weight excluding hydrogens is 218 g/mol. The minimum absolute atomic E-state index is 0.514. The van der Waals surface area contributed by atoms with Crippen molar-refractivity contribution in [2.75, 3.05) is 6.54 Å². The molecule has 0 radical (unpaired) electrons. The fraction of sp³-hybridized carbons (Fsp3) is 0.647. The first kappa shape index (κ1) is 15.2. The molecule has 1 rings (SSSR count). The third kappa shape index (κ3) is 3.84. The molecule has 0 aliphatic heterocycles. The van der Waals surface area contributed by atoms with Gasteiger partial charge in [0.05, 0.1) is 0 Å². The summed E-state index contributed by atoms with van der Waals surface area (Å²) in [5, 5.41) is 3.76. The van der Waals surface area contributed by atoms with Gasteiger partial charge in [0.15, 0.2) is 0 Å². The Morgan fingerprint density at radius 2 is 1.72 bits per heavy atom. The van der Waals surface area contributed by atoms with Crippen LogP contribution < -0.4 is 5.32 Å². The van der Waals surface area contributed by atoms with E-state index in [2.05, 4.69) is 58.1 Å². The van der Waals surface area contributed by atoms with E-state index in [-0.39, 0.29) is 0 Å². The first-order valence-corrected chi connectivity index (χ1v) is 7.44. The molecule has 1 unspecified atom stereocenters. The van der Waals surface area contributed by atoms with Gasteiger partial charge in [0.25, 0.3) is 0 Å². The lowest BCUT2D eigenvalue weighted by molar-refractivity contribution is 0.340. The monoisotopic (exact) mass is 247 g/mol. The largest absolute Gasteiger partial charge is 0.310 e. The number of aryl methyl sites for hydroxylation is 2. The van der Waals surface area contributed by atoms with E-state index in [0.717, 1.165) is 12.5 Å². The Hall–Kier alpha value is -0.820. The second-order valence-electron chi connectivity index (χ2n) is 5.37. The molecule has 0 amide bonds. The highest BCUT2D eigenvalue weighted by Gasteiger charge is 2.21. The lowest BCUT2D eigenvalue weighted by Crippen LogP contribution is -2.29.